The Bertz CT molecular complexity index is 3780. The molecule has 3 aromatic heterocycles. The van der Waals surface area contributed by atoms with Crippen LogP contribution in [-0.2, 0) is 5.41 Å². The van der Waals surface area contributed by atoms with Crippen LogP contribution in [-0.4, -0.2) is 19.5 Å². The van der Waals surface area contributed by atoms with Gasteiger partial charge in [-0.1, -0.05) is 170 Å². The van der Waals surface area contributed by atoms with Gasteiger partial charge in [0.2, 0.25) is 0 Å². The van der Waals surface area contributed by atoms with Gasteiger partial charge >= 0.3 is 0 Å². The topological polar surface area (TPSA) is 66.0 Å². The van der Waals surface area contributed by atoms with E-state index in [2.05, 4.69) is 144 Å². The van der Waals surface area contributed by atoms with Crippen LogP contribution in [0.15, 0.2) is 211 Å². The first-order chi connectivity index (χ1) is 31.7. The summed E-state index contributed by atoms with van der Waals surface area (Å²) in [7, 11) is 0. The molecule has 64 heavy (non-hydrogen) atoms. The number of aromatic nitrogens is 4. The number of ether oxygens (including phenoxy) is 1. The third kappa shape index (κ3) is 4.76. The van der Waals surface area contributed by atoms with E-state index in [9.17, 15) is 0 Å². The molecule has 298 valence electrons. The summed E-state index contributed by atoms with van der Waals surface area (Å²) in [5.41, 5.74) is 14.0. The minimum absolute atomic E-state index is 0.549. The van der Waals surface area contributed by atoms with E-state index in [1.807, 2.05) is 66.7 Å². The minimum atomic E-state index is -0.580. The molecule has 6 nitrogen and oxygen atoms in total. The number of furan rings is 1. The van der Waals surface area contributed by atoms with E-state index in [1.54, 1.807) is 0 Å². The minimum Gasteiger partial charge on any atom is -0.455 e. The highest BCUT2D eigenvalue weighted by Gasteiger charge is 2.51. The van der Waals surface area contributed by atoms with Crippen molar-refractivity contribution in [3.05, 3.63) is 229 Å². The summed E-state index contributed by atoms with van der Waals surface area (Å²) in [6, 6.07) is 72.4. The van der Waals surface area contributed by atoms with Crippen LogP contribution in [0.25, 0.3) is 94.7 Å². The summed E-state index contributed by atoms with van der Waals surface area (Å²) in [5.74, 6) is 3.47. The molecular weight excluding hydrogens is 785 g/mol. The zero-order valence-corrected chi connectivity index (χ0v) is 34.2. The van der Waals surface area contributed by atoms with E-state index in [4.69, 9.17) is 24.1 Å². The Kier molecular flexibility index (Phi) is 7.22. The van der Waals surface area contributed by atoms with E-state index in [0.29, 0.717) is 17.5 Å². The lowest BCUT2D eigenvalue weighted by Crippen LogP contribution is -2.32. The van der Waals surface area contributed by atoms with Gasteiger partial charge < -0.3 is 13.7 Å². The maximum atomic E-state index is 7.23. The monoisotopic (exact) mass is 818 g/mol. The van der Waals surface area contributed by atoms with E-state index in [1.165, 1.54) is 22.3 Å². The van der Waals surface area contributed by atoms with Gasteiger partial charge in [-0.25, -0.2) is 15.0 Å². The Hall–Kier alpha value is -8.61. The van der Waals surface area contributed by atoms with E-state index in [0.717, 1.165) is 88.7 Å². The van der Waals surface area contributed by atoms with Gasteiger partial charge in [-0.15, -0.1) is 0 Å². The highest BCUT2D eigenvalue weighted by molar-refractivity contribution is 6.14. The average molecular weight is 819 g/mol. The Morgan fingerprint density at radius 3 is 1.73 bits per heavy atom. The Morgan fingerprint density at radius 1 is 0.406 bits per heavy atom. The van der Waals surface area contributed by atoms with Gasteiger partial charge in [-0.2, -0.15) is 0 Å². The van der Waals surface area contributed by atoms with Crippen LogP contribution < -0.4 is 4.74 Å². The van der Waals surface area contributed by atoms with E-state index >= 15 is 0 Å². The zero-order chi connectivity index (χ0) is 41.9. The predicted molar refractivity (Wildman–Crippen MR) is 255 cm³/mol. The van der Waals surface area contributed by atoms with Crippen molar-refractivity contribution < 1.29 is 9.15 Å². The largest absolute Gasteiger partial charge is 0.455 e. The normalized spacial score (nSPS) is 13.2. The second-order valence-corrected chi connectivity index (χ2v) is 16.6. The summed E-state index contributed by atoms with van der Waals surface area (Å²) in [5, 5.41) is 4.25. The zero-order valence-electron chi connectivity index (χ0n) is 34.2. The van der Waals surface area contributed by atoms with Crippen molar-refractivity contribution in [3.63, 3.8) is 0 Å². The second-order valence-electron chi connectivity index (χ2n) is 16.6. The lowest BCUT2D eigenvalue weighted by molar-refractivity contribution is 0.440. The SMILES string of the molecule is c1ccc(-c2nc(-c3ccccc3)nc(-c3cccc4c3oc3ccc(-n5c6ccccc6c6ccc7c(c65)Oc5ccccc5C75c6ccccc6-c6ccccc65)cc34)n2)cc1. The summed E-state index contributed by atoms with van der Waals surface area (Å²) >= 11 is 0. The standard InChI is InChI=1S/C58H34N4O2/c1-3-16-35(17-4-1)55-59-56(36-18-5-2-6-19-36)61-57(60-55)43-24-15-23-42-44-34-37(30-33-50(44)63-53(42)43)62-49-28-13-9-22-40(49)41-31-32-48-54(52(41)62)64-51-29-14-12-27-47(51)58(48)45-25-10-7-20-38(45)39-21-8-11-26-46(39)58/h1-34H. The molecule has 9 aromatic carbocycles. The highest BCUT2D eigenvalue weighted by atomic mass is 16.5. The summed E-state index contributed by atoms with van der Waals surface area (Å²) < 4.78 is 16.4. The van der Waals surface area contributed by atoms with Crippen LogP contribution in [0.4, 0.5) is 0 Å². The highest BCUT2D eigenvalue weighted by Crippen LogP contribution is 2.63. The molecule has 0 bridgehead atoms. The van der Waals surface area contributed by atoms with Crippen LogP contribution in [0.1, 0.15) is 22.3 Å². The van der Waals surface area contributed by atoms with Crippen molar-refractivity contribution in [2.45, 2.75) is 5.41 Å². The summed E-state index contributed by atoms with van der Waals surface area (Å²) in [6.07, 6.45) is 0. The smallest absolute Gasteiger partial charge is 0.167 e. The molecule has 1 aliphatic carbocycles. The number of nitrogens with zero attached hydrogens (tertiary/aromatic N) is 4. The number of rotatable bonds is 4. The quantitative estimate of drug-likeness (QED) is 0.177. The van der Waals surface area contributed by atoms with Crippen LogP contribution in [0.3, 0.4) is 0 Å². The molecule has 12 aromatic rings. The van der Waals surface area contributed by atoms with Crippen LogP contribution in [0.2, 0.25) is 0 Å². The molecule has 6 heteroatoms. The van der Waals surface area contributed by atoms with Gasteiger partial charge in [-0.05, 0) is 58.7 Å². The van der Waals surface area contributed by atoms with Crippen molar-refractivity contribution in [3.8, 4) is 62.5 Å². The van der Waals surface area contributed by atoms with Crippen LogP contribution in [0.5, 0.6) is 11.5 Å². The molecule has 0 saturated carbocycles. The Labute approximate surface area is 367 Å². The van der Waals surface area contributed by atoms with Gasteiger partial charge in [0, 0.05) is 49.5 Å². The molecule has 4 heterocycles. The average Bonchev–Trinajstić information content (AvgIpc) is 4.01. The Balaban J connectivity index is 1.01. The molecule has 1 spiro atoms. The number of fused-ring (bicyclic) bond motifs is 16. The number of para-hydroxylation sites is 3. The molecule has 14 rings (SSSR count). The first-order valence-electron chi connectivity index (χ1n) is 21.6. The van der Waals surface area contributed by atoms with Crippen molar-refractivity contribution >= 4 is 43.7 Å². The van der Waals surface area contributed by atoms with Gasteiger partial charge in [0.15, 0.2) is 23.2 Å². The molecule has 0 fully saturated rings. The third-order valence-electron chi connectivity index (χ3n) is 13.3. The molecule has 0 radical (unpaired) electrons. The lowest BCUT2D eigenvalue weighted by Gasteiger charge is -2.39. The fourth-order valence-electron chi connectivity index (χ4n) is 10.7. The van der Waals surface area contributed by atoms with Crippen LogP contribution >= 0.6 is 0 Å². The Morgan fingerprint density at radius 2 is 1.00 bits per heavy atom. The number of hydrogen-bond acceptors (Lipinski definition) is 5. The fourth-order valence-corrected chi connectivity index (χ4v) is 10.7. The van der Waals surface area contributed by atoms with Crippen molar-refractivity contribution in [1.82, 2.24) is 19.5 Å². The number of benzene rings is 9. The first-order valence-corrected chi connectivity index (χ1v) is 21.6. The maximum Gasteiger partial charge on any atom is 0.167 e. The molecule has 0 N–H and O–H groups in total. The second kappa shape index (κ2) is 13.2. The van der Waals surface area contributed by atoms with Gasteiger partial charge in [-0.3, -0.25) is 0 Å². The van der Waals surface area contributed by atoms with Crippen molar-refractivity contribution in [2.24, 2.45) is 0 Å². The molecule has 0 saturated heterocycles. The molecule has 0 unspecified atom stereocenters. The first kappa shape index (κ1) is 35.0. The maximum absolute atomic E-state index is 7.23. The van der Waals surface area contributed by atoms with E-state index < -0.39 is 5.41 Å². The van der Waals surface area contributed by atoms with E-state index in [-0.39, 0.29) is 0 Å². The van der Waals surface area contributed by atoms with Gasteiger partial charge in [0.1, 0.15) is 16.9 Å². The molecule has 0 atom stereocenters. The third-order valence-corrected chi connectivity index (χ3v) is 13.3. The van der Waals surface area contributed by atoms with Gasteiger partial charge in [0.25, 0.3) is 0 Å². The fraction of sp³-hybridized carbons (Fsp3) is 0.0172. The van der Waals surface area contributed by atoms with Crippen molar-refractivity contribution in [1.29, 1.82) is 0 Å². The summed E-state index contributed by atoms with van der Waals surface area (Å²) in [4.78, 5) is 15.1. The molecule has 2 aliphatic rings. The number of hydrogen-bond donors (Lipinski definition) is 0. The summed E-state index contributed by atoms with van der Waals surface area (Å²) in [6.45, 7) is 0. The molecular formula is C58H34N4O2. The molecule has 0 amide bonds. The van der Waals surface area contributed by atoms with Crippen LogP contribution in [0, 0.1) is 0 Å². The predicted octanol–water partition coefficient (Wildman–Crippen LogP) is 14.3. The van der Waals surface area contributed by atoms with Gasteiger partial charge in [0.05, 0.1) is 22.0 Å². The van der Waals surface area contributed by atoms with Crippen molar-refractivity contribution in [2.75, 3.05) is 0 Å². The molecule has 1 aliphatic heterocycles. The lowest BCUT2D eigenvalue weighted by atomic mass is 9.66.